The average molecular weight is 212 g/mol. The van der Waals surface area contributed by atoms with Gasteiger partial charge in [-0.25, -0.2) is 4.79 Å². The summed E-state index contributed by atoms with van der Waals surface area (Å²) in [5.41, 5.74) is 0. The van der Waals surface area contributed by atoms with Crippen LogP contribution in [0, 0.1) is 18.3 Å². The van der Waals surface area contributed by atoms with E-state index < -0.39 is 24.0 Å². The van der Waals surface area contributed by atoms with E-state index in [0.29, 0.717) is 0 Å². The Labute approximate surface area is 89.9 Å². The van der Waals surface area contributed by atoms with Gasteiger partial charge in [-0.3, -0.25) is 0 Å². The molecule has 0 aromatic carbocycles. The number of carbonyl (C=O) groups excluding carboxylic acids is 1. The molecule has 15 heavy (non-hydrogen) atoms. The van der Waals surface area contributed by atoms with Crippen molar-refractivity contribution in [1.29, 1.82) is 0 Å². The van der Waals surface area contributed by atoms with Crippen LogP contribution >= 0.6 is 0 Å². The van der Waals surface area contributed by atoms with Gasteiger partial charge in [0.05, 0.1) is 7.11 Å². The smallest absolute Gasteiger partial charge is 0.335 e. The number of terminal acetylenes is 1. The van der Waals surface area contributed by atoms with Gasteiger partial charge in [-0.2, -0.15) is 0 Å². The van der Waals surface area contributed by atoms with E-state index in [9.17, 15) is 4.79 Å². The van der Waals surface area contributed by atoms with E-state index in [4.69, 9.17) is 15.9 Å². The first-order valence-electron chi connectivity index (χ1n) is 4.81. The summed E-state index contributed by atoms with van der Waals surface area (Å²) in [5.74, 6) is 1.02. The Hall–Kier alpha value is -1.05. The van der Waals surface area contributed by atoms with Gasteiger partial charge in [-0.05, 0) is 13.8 Å². The van der Waals surface area contributed by atoms with Crippen molar-refractivity contribution in [2.75, 3.05) is 7.11 Å². The zero-order valence-electron chi connectivity index (χ0n) is 9.44. The third kappa shape index (κ3) is 2.49. The highest BCUT2D eigenvalue weighted by atomic mass is 16.7. The summed E-state index contributed by atoms with van der Waals surface area (Å²) >= 11 is 0. The highest BCUT2D eigenvalue weighted by Gasteiger charge is 2.44. The van der Waals surface area contributed by atoms with Gasteiger partial charge in [-0.15, -0.1) is 6.42 Å². The van der Waals surface area contributed by atoms with Crippen LogP contribution in [0.5, 0.6) is 0 Å². The van der Waals surface area contributed by atoms with Crippen molar-refractivity contribution in [3.05, 3.63) is 0 Å². The predicted molar refractivity (Wildman–Crippen MR) is 53.8 cm³/mol. The molecule has 0 radical (unpaired) electrons. The lowest BCUT2D eigenvalue weighted by molar-refractivity contribution is -0.304. The van der Waals surface area contributed by atoms with Crippen LogP contribution in [-0.2, 0) is 19.0 Å². The molecule has 0 bridgehead atoms. The zero-order chi connectivity index (χ0) is 11.6. The lowest BCUT2D eigenvalue weighted by Gasteiger charge is -2.41. The molecule has 0 aliphatic carbocycles. The van der Waals surface area contributed by atoms with E-state index in [0.717, 1.165) is 0 Å². The maximum absolute atomic E-state index is 11.5. The van der Waals surface area contributed by atoms with Gasteiger partial charge >= 0.3 is 5.97 Å². The Balaban J connectivity index is 2.88. The van der Waals surface area contributed by atoms with E-state index in [-0.39, 0.29) is 5.92 Å². The van der Waals surface area contributed by atoms with Gasteiger partial charge in [0, 0.05) is 5.92 Å². The van der Waals surface area contributed by atoms with Crippen molar-refractivity contribution in [1.82, 2.24) is 0 Å². The fourth-order valence-electron chi connectivity index (χ4n) is 1.58. The summed E-state index contributed by atoms with van der Waals surface area (Å²) in [6, 6.07) is 0. The van der Waals surface area contributed by atoms with Gasteiger partial charge < -0.3 is 14.2 Å². The third-order valence-electron chi connectivity index (χ3n) is 2.37. The first-order chi connectivity index (χ1) is 6.91. The van der Waals surface area contributed by atoms with Crippen LogP contribution in [0.4, 0.5) is 0 Å². The van der Waals surface area contributed by atoms with E-state index >= 15 is 0 Å². The number of methoxy groups -OCH3 is 1. The molecular weight excluding hydrogens is 196 g/mol. The lowest BCUT2D eigenvalue weighted by atomic mass is 9.96. The Kier molecular flexibility index (Phi) is 3.38. The van der Waals surface area contributed by atoms with Gasteiger partial charge in [-0.1, -0.05) is 12.8 Å². The number of ether oxygens (including phenoxy) is 3. The highest BCUT2D eigenvalue weighted by molar-refractivity contribution is 5.75. The van der Waals surface area contributed by atoms with Crippen LogP contribution in [0.15, 0.2) is 0 Å². The predicted octanol–water partition coefficient (Wildman–Crippen LogP) is 0.949. The Bertz CT molecular complexity index is 289. The van der Waals surface area contributed by atoms with Gasteiger partial charge in [0.15, 0.2) is 11.9 Å². The van der Waals surface area contributed by atoms with Crippen LogP contribution in [0.3, 0.4) is 0 Å². The average Bonchev–Trinajstić information content (AvgIpc) is 2.19. The van der Waals surface area contributed by atoms with Crippen molar-refractivity contribution in [3.63, 3.8) is 0 Å². The van der Waals surface area contributed by atoms with Crippen molar-refractivity contribution in [2.45, 2.75) is 38.8 Å². The molecule has 0 unspecified atom stereocenters. The Morgan fingerprint density at radius 2 is 2.07 bits per heavy atom. The fourth-order valence-corrected chi connectivity index (χ4v) is 1.58. The first kappa shape index (κ1) is 12.0. The van der Waals surface area contributed by atoms with E-state index in [1.165, 1.54) is 7.11 Å². The minimum atomic E-state index is -0.859. The van der Waals surface area contributed by atoms with Gasteiger partial charge in [0.2, 0.25) is 0 Å². The summed E-state index contributed by atoms with van der Waals surface area (Å²) in [4.78, 5) is 11.5. The van der Waals surface area contributed by atoms with E-state index in [1.807, 2.05) is 0 Å². The molecule has 0 spiro atoms. The van der Waals surface area contributed by atoms with Crippen LogP contribution < -0.4 is 0 Å². The van der Waals surface area contributed by atoms with E-state index in [1.54, 1.807) is 20.8 Å². The molecule has 1 rings (SSSR count). The molecular formula is C11H16O4. The zero-order valence-corrected chi connectivity index (χ0v) is 9.44. The summed E-state index contributed by atoms with van der Waals surface area (Å²) in [6.07, 6.45) is 4.24. The fraction of sp³-hybridized carbons (Fsp3) is 0.727. The molecule has 1 aliphatic heterocycles. The highest BCUT2D eigenvalue weighted by Crippen LogP contribution is 2.31. The molecule has 0 aromatic rings. The normalized spacial score (nSPS) is 34.2. The number of esters is 1. The molecule has 0 amide bonds. The second-order valence-electron chi connectivity index (χ2n) is 4.03. The Morgan fingerprint density at radius 3 is 2.53 bits per heavy atom. The second-order valence-corrected chi connectivity index (χ2v) is 4.03. The second kappa shape index (κ2) is 4.21. The van der Waals surface area contributed by atoms with Crippen molar-refractivity contribution >= 4 is 5.97 Å². The van der Waals surface area contributed by atoms with Crippen LogP contribution in [0.2, 0.25) is 0 Å². The monoisotopic (exact) mass is 212 g/mol. The third-order valence-corrected chi connectivity index (χ3v) is 2.37. The largest absolute Gasteiger partial charge is 0.467 e. The van der Waals surface area contributed by atoms with Crippen LogP contribution in [0.1, 0.15) is 20.8 Å². The Morgan fingerprint density at radius 1 is 1.47 bits per heavy atom. The maximum atomic E-state index is 11.5. The summed E-state index contributed by atoms with van der Waals surface area (Å²) in [6.45, 7) is 5.25. The molecule has 1 fully saturated rings. The van der Waals surface area contributed by atoms with E-state index in [2.05, 4.69) is 10.7 Å². The van der Waals surface area contributed by atoms with Crippen LogP contribution in [0.25, 0.3) is 0 Å². The summed E-state index contributed by atoms with van der Waals surface area (Å²) in [7, 11) is 1.33. The first-order valence-corrected chi connectivity index (χ1v) is 4.81. The van der Waals surface area contributed by atoms with Gasteiger partial charge in [0.25, 0.3) is 0 Å². The molecule has 0 aromatic heterocycles. The number of rotatable bonds is 1. The quantitative estimate of drug-likeness (QED) is 0.479. The lowest BCUT2D eigenvalue weighted by Crippen LogP contribution is -2.52. The number of hydrogen-bond donors (Lipinski definition) is 0. The van der Waals surface area contributed by atoms with Crippen molar-refractivity contribution in [2.24, 2.45) is 5.92 Å². The molecule has 84 valence electrons. The minimum Gasteiger partial charge on any atom is -0.467 e. The standard InChI is InChI=1S/C11H16O4/c1-6-8-7(2)9(10(12)13-5)15-11(3,4)14-8/h1,7-9H,2-5H3/t7-,8-,9-/m0/s1. The molecule has 0 N–H and O–H groups in total. The summed E-state index contributed by atoms with van der Waals surface area (Å²) < 4.78 is 15.6. The molecule has 3 atom stereocenters. The maximum Gasteiger partial charge on any atom is 0.335 e. The topological polar surface area (TPSA) is 44.8 Å². The molecule has 1 heterocycles. The molecule has 1 saturated heterocycles. The number of carbonyl (C=O) groups is 1. The molecule has 4 nitrogen and oxygen atoms in total. The minimum absolute atomic E-state index is 0.213. The van der Waals surface area contributed by atoms with Gasteiger partial charge in [0.1, 0.15) is 6.10 Å². The molecule has 0 saturated carbocycles. The van der Waals surface area contributed by atoms with Crippen molar-refractivity contribution in [3.8, 4) is 12.3 Å². The molecule has 1 aliphatic rings. The van der Waals surface area contributed by atoms with Crippen LogP contribution in [-0.4, -0.2) is 31.1 Å². The number of hydrogen-bond acceptors (Lipinski definition) is 4. The summed E-state index contributed by atoms with van der Waals surface area (Å²) in [5, 5.41) is 0. The SMILES string of the molecule is C#C[C@@H]1OC(C)(C)O[C@H](C(=O)OC)[C@H]1C. The molecule has 4 heteroatoms. The van der Waals surface area contributed by atoms with Crippen molar-refractivity contribution < 1.29 is 19.0 Å².